The normalized spacial score (nSPS) is 15.9. The van der Waals surface area contributed by atoms with Crippen LogP contribution in [-0.2, 0) is 0 Å². The lowest BCUT2D eigenvalue weighted by Crippen LogP contribution is -2.33. The van der Waals surface area contributed by atoms with E-state index in [4.69, 9.17) is 5.41 Å². The summed E-state index contributed by atoms with van der Waals surface area (Å²) in [6.07, 6.45) is 0. The third-order valence-electron chi connectivity index (χ3n) is 3.89. The molecule has 0 radical (unpaired) electrons. The highest BCUT2D eigenvalue weighted by Gasteiger charge is 2.28. The SMILES string of the molecule is C=C1NN(c2ccccc2)C(=N)C1=NNc1cccc(C)c1C. The molecule has 1 aliphatic rings. The van der Waals surface area contributed by atoms with Gasteiger partial charge in [0.05, 0.1) is 17.1 Å². The lowest BCUT2D eigenvalue weighted by molar-refractivity contribution is 0.921. The molecule has 2 aromatic carbocycles. The van der Waals surface area contributed by atoms with E-state index in [0.29, 0.717) is 11.4 Å². The molecule has 5 nitrogen and oxygen atoms in total. The van der Waals surface area contributed by atoms with Crippen LogP contribution in [0.1, 0.15) is 11.1 Å². The molecule has 116 valence electrons. The minimum Gasteiger partial charge on any atom is -0.291 e. The van der Waals surface area contributed by atoms with Crippen LogP contribution in [0.25, 0.3) is 0 Å². The number of nitrogens with zero attached hydrogens (tertiary/aromatic N) is 2. The van der Waals surface area contributed by atoms with Crippen LogP contribution in [0.5, 0.6) is 0 Å². The van der Waals surface area contributed by atoms with Crippen molar-refractivity contribution in [3.8, 4) is 0 Å². The third kappa shape index (κ3) is 2.81. The van der Waals surface area contributed by atoms with Crippen molar-refractivity contribution in [3.05, 3.63) is 71.9 Å². The minimum atomic E-state index is 0.263. The van der Waals surface area contributed by atoms with Crippen LogP contribution in [0.2, 0.25) is 0 Å². The lowest BCUT2D eigenvalue weighted by atomic mass is 10.1. The van der Waals surface area contributed by atoms with Crippen molar-refractivity contribution in [1.29, 1.82) is 5.41 Å². The first-order valence-corrected chi connectivity index (χ1v) is 7.38. The van der Waals surface area contributed by atoms with E-state index in [1.807, 2.05) is 49.4 Å². The van der Waals surface area contributed by atoms with Gasteiger partial charge in [0.2, 0.25) is 0 Å². The van der Waals surface area contributed by atoms with Crippen molar-refractivity contribution in [2.45, 2.75) is 13.8 Å². The molecule has 5 heteroatoms. The number of aryl methyl sites for hydroxylation is 1. The largest absolute Gasteiger partial charge is 0.291 e. The molecule has 1 aliphatic heterocycles. The molecule has 23 heavy (non-hydrogen) atoms. The Balaban J connectivity index is 1.84. The summed E-state index contributed by atoms with van der Waals surface area (Å²) in [4.78, 5) is 0. The highest BCUT2D eigenvalue weighted by atomic mass is 15.6. The number of amidine groups is 1. The second kappa shape index (κ2) is 5.96. The quantitative estimate of drug-likeness (QED) is 0.759. The van der Waals surface area contributed by atoms with Crippen molar-refractivity contribution in [2.24, 2.45) is 5.10 Å². The van der Waals surface area contributed by atoms with Crippen molar-refractivity contribution in [2.75, 3.05) is 10.4 Å². The van der Waals surface area contributed by atoms with E-state index in [9.17, 15) is 0 Å². The van der Waals surface area contributed by atoms with Crippen molar-refractivity contribution < 1.29 is 0 Å². The van der Waals surface area contributed by atoms with Crippen LogP contribution in [0.15, 0.2) is 65.9 Å². The Kier molecular flexibility index (Phi) is 3.85. The van der Waals surface area contributed by atoms with Gasteiger partial charge in [-0.3, -0.25) is 16.3 Å². The molecule has 1 heterocycles. The molecule has 3 N–H and O–H groups in total. The molecule has 0 spiro atoms. The predicted octanol–water partition coefficient (Wildman–Crippen LogP) is 3.59. The zero-order valence-electron chi connectivity index (χ0n) is 13.2. The molecular weight excluding hydrogens is 286 g/mol. The van der Waals surface area contributed by atoms with Crippen LogP contribution in [0, 0.1) is 19.3 Å². The maximum Gasteiger partial charge on any atom is 0.174 e. The van der Waals surface area contributed by atoms with Gasteiger partial charge in [-0.2, -0.15) is 5.10 Å². The standard InChI is InChI=1S/C18H19N5/c1-12-8-7-11-16(13(12)2)20-21-17-14(3)22-23(18(17)19)15-9-5-4-6-10-15/h4-11,19-20,22H,3H2,1-2H3. The van der Waals surface area contributed by atoms with Crippen molar-refractivity contribution in [3.63, 3.8) is 0 Å². The number of para-hydroxylation sites is 1. The van der Waals surface area contributed by atoms with Crippen LogP contribution >= 0.6 is 0 Å². The fourth-order valence-corrected chi connectivity index (χ4v) is 2.37. The Bertz CT molecular complexity index is 792. The number of hydrogen-bond acceptors (Lipinski definition) is 4. The zero-order chi connectivity index (χ0) is 16.4. The average molecular weight is 305 g/mol. The van der Waals surface area contributed by atoms with E-state index < -0.39 is 0 Å². The molecule has 0 unspecified atom stereocenters. The van der Waals surface area contributed by atoms with Gasteiger partial charge in [-0.05, 0) is 43.2 Å². The van der Waals surface area contributed by atoms with Gasteiger partial charge in [-0.1, -0.05) is 36.9 Å². The molecule has 0 amide bonds. The lowest BCUT2D eigenvalue weighted by Gasteiger charge is -2.16. The molecule has 0 aromatic heterocycles. The Hall–Kier alpha value is -3.08. The van der Waals surface area contributed by atoms with Crippen LogP contribution in [-0.4, -0.2) is 11.5 Å². The number of anilines is 2. The Labute approximate surface area is 135 Å². The van der Waals surface area contributed by atoms with E-state index in [0.717, 1.165) is 16.9 Å². The Morgan fingerprint density at radius 1 is 1.09 bits per heavy atom. The van der Waals surface area contributed by atoms with Gasteiger partial charge >= 0.3 is 0 Å². The highest BCUT2D eigenvalue weighted by molar-refractivity contribution is 6.52. The topological polar surface area (TPSA) is 63.5 Å². The number of hydrazone groups is 1. The van der Waals surface area contributed by atoms with Gasteiger partial charge in [0.1, 0.15) is 0 Å². The number of hydrogen-bond donors (Lipinski definition) is 3. The predicted molar refractivity (Wildman–Crippen MR) is 95.9 cm³/mol. The van der Waals surface area contributed by atoms with Crippen LogP contribution in [0.4, 0.5) is 11.4 Å². The average Bonchev–Trinajstić information content (AvgIpc) is 2.84. The van der Waals surface area contributed by atoms with E-state index >= 15 is 0 Å². The molecule has 3 rings (SSSR count). The van der Waals surface area contributed by atoms with Crippen molar-refractivity contribution in [1.82, 2.24) is 5.43 Å². The van der Waals surface area contributed by atoms with E-state index in [2.05, 4.69) is 35.5 Å². The van der Waals surface area contributed by atoms with Crippen molar-refractivity contribution >= 4 is 22.9 Å². The summed E-state index contributed by atoms with van der Waals surface area (Å²) in [5.41, 5.74) is 11.3. The minimum absolute atomic E-state index is 0.263. The molecule has 0 saturated carbocycles. The Morgan fingerprint density at radius 2 is 1.83 bits per heavy atom. The summed E-state index contributed by atoms with van der Waals surface area (Å²) in [5.74, 6) is 0.263. The zero-order valence-corrected chi connectivity index (χ0v) is 13.2. The summed E-state index contributed by atoms with van der Waals surface area (Å²) >= 11 is 0. The molecule has 0 bridgehead atoms. The number of nitrogens with one attached hydrogen (secondary N) is 3. The van der Waals surface area contributed by atoms with Gasteiger partial charge in [0.15, 0.2) is 11.5 Å². The monoisotopic (exact) mass is 305 g/mol. The van der Waals surface area contributed by atoms with E-state index in [1.54, 1.807) is 5.01 Å². The summed E-state index contributed by atoms with van der Waals surface area (Å²) < 4.78 is 0. The van der Waals surface area contributed by atoms with E-state index in [1.165, 1.54) is 5.56 Å². The third-order valence-corrected chi connectivity index (χ3v) is 3.89. The van der Waals surface area contributed by atoms with E-state index in [-0.39, 0.29) is 5.84 Å². The number of hydrazine groups is 1. The summed E-state index contributed by atoms with van der Waals surface area (Å²) in [6, 6.07) is 15.7. The Morgan fingerprint density at radius 3 is 2.57 bits per heavy atom. The first kappa shape index (κ1) is 14.8. The first-order valence-electron chi connectivity index (χ1n) is 7.38. The smallest absolute Gasteiger partial charge is 0.174 e. The fraction of sp³-hybridized carbons (Fsp3) is 0.111. The first-order chi connectivity index (χ1) is 11.1. The van der Waals surface area contributed by atoms with Crippen LogP contribution in [0.3, 0.4) is 0 Å². The molecule has 0 aliphatic carbocycles. The molecule has 1 fully saturated rings. The van der Waals surface area contributed by atoms with Gasteiger partial charge in [0.25, 0.3) is 0 Å². The number of benzene rings is 2. The summed E-state index contributed by atoms with van der Waals surface area (Å²) in [7, 11) is 0. The maximum atomic E-state index is 8.32. The molecular formula is C18H19N5. The molecule has 1 saturated heterocycles. The van der Waals surface area contributed by atoms with Gasteiger partial charge in [-0.25, -0.2) is 5.01 Å². The maximum absolute atomic E-state index is 8.32. The second-order valence-electron chi connectivity index (χ2n) is 5.43. The second-order valence-corrected chi connectivity index (χ2v) is 5.43. The summed E-state index contributed by atoms with van der Waals surface area (Å²) in [6.45, 7) is 8.05. The van der Waals surface area contributed by atoms with Gasteiger partial charge in [-0.15, -0.1) is 0 Å². The highest BCUT2D eigenvalue weighted by Crippen LogP contribution is 2.21. The van der Waals surface area contributed by atoms with Crippen LogP contribution < -0.4 is 15.9 Å². The van der Waals surface area contributed by atoms with Gasteiger partial charge < -0.3 is 0 Å². The number of rotatable bonds is 3. The molecule has 0 atom stereocenters. The summed E-state index contributed by atoms with van der Waals surface area (Å²) in [5, 5.41) is 14.4. The molecule has 2 aromatic rings. The van der Waals surface area contributed by atoms with Gasteiger partial charge in [0, 0.05) is 0 Å². The fourth-order valence-electron chi connectivity index (χ4n) is 2.37.